The second-order valence-electron chi connectivity index (χ2n) is 7.61. The molecule has 0 spiro atoms. The van der Waals surface area contributed by atoms with Crippen LogP contribution in [0.3, 0.4) is 0 Å². The van der Waals surface area contributed by atoms with Gasteiger partial charge in [-0.25, -0.2) is 16.8 Å². The van der Waals surface area contributed by atoms with Crippen molar-refractivity contribution in [3.05, 3.63) is 76.8 Å². The van der Waals surface area contributed by atoms with E-state index in [4.69, 9.17) is 27.9 Å². The van der Waals surface area contributed by atoms with Crippen molar-refractivity contribution in [2.75, 3.05) is 27.1 Å². The molecule has 0 fully saturated rings. The van der Waals surface area contributed by atoms with Crippen molar-refractivity contribution in [3.8, 4) is 5.75 Å². The van der Waals surface area contributed by atoms with E-state index in [1.165, 1.54) is 42.5 Å². The Bertz CT molecular complexity index is 1500. The molecule has 9 nitrogen and oxygen atoms in total. The summed E-state index contributed by atoms with van der Waals surface area (Å²) in [5.74, 6) is -0.326. The molecule has 1 atom stereocenters. The minimum Gasteiger partial charge on any atom is -0.476 e. The fourth-order valence-electron chi connectivity index (χ4n) is 3.37. The van der Waals surface area contributed by atoms with Crippen molar-refractivity contribution in [2.24, 2.45) is 0 Å². The van der Waals surface area contributed by atoms with Gasteiger partial charge >= 0.3 is 0 Å². The summed E-state index contributed by atoms with van der Waals surface area (Å²) in [5.41, 5.74) is 0.812. The number of anilines is 3. The van der Waals surface area contributed by atoms with Crippen LogP contribution in [0.2, 0.25) is 10.0 Å². The lowest BCUT2D eigenvalue weighted by Gasteiger charge is -2.33. The van der Waals surface area contributed by atoms with Crippen LogP contribution in [0.5, 0.6) is 5.75 Å². The van der Waals surface area contributed by atoms with Gasteiger partial charge in [0.25, 0.3) is 15.9 Å². The number of para-hydroxylation sites is 2. The first-order chi connectivity index (χ1) is 16.4. The van der Waals surface area contributed by atoms with E-state index in [2.05, 4.69) is 10.0 Å². The average molecular weight is 556 g/mol. The number of hydrogen-bond donors (Lipinski definition) is 2. The molecule has 35 heavy (non-hydrogen) atoms. The summed E-state index contributed by atoms with van der Waals surface area (Å²) in [5, 5.41) is 3.13. The standard InChI is InChI=1S/C22H19Cl2N3O6S2/c1-34(29,30)27-13-21(33-20-5-3-2-4-19(20)27)22(28)25-15-7-9-16(10-8-15)35(31,32)26-18-11-6-14(23)12-17(18)24/h2-12,21,26H,13H2,1H3,(H,25,28)/t21-/m0/s1. The van der Waals surface area contributed by atoms with E-state index >= 15 is 0 Å². The van der Waals surface area contributed by atoms with Crippen molar-refractivity contribution >= 4 is 66.2 Å². The van der Waals surface area contributed by atoms with Gasteiger partial charge in [-0.15, -0.1) is 0 Å². The molecule has 4 rings (SSSR count). The SMILES string of the molecule is CS(=O)(=O)N1C[C@@H](C(=O)Nc2ccc(S(=O)(=O)Nc3ccc(Cl)cc3Cl)cc2)Oc2ccccc21. The number of carbonyl (C=O) groups is 1. The molecule has 1 heterocycles. The topological polar surface area (TPSA) is 122 Å². The number of hydrogen-bond acceptors (Lipinski definition) is 6. The molecule has 0 unspecified atom stereocenters. The predicted molar refractivity (Wildman–Crippen MR) is 135 cm³/mol. The summed E-state index contributed by atoms with van der Waals surface area (Å²) in [6, 6.07) is 16.3. The van der Waals surface area contributed by atoms with Crippen molar-refractivity contribution in [2.45, 2.75) is 11.0 Å². The summed E-state index contributed by atoms with van der Waals surface area (Å²) in [6.45, 7) is -0.208. The number of amides is 1. The van der Waals surface area contributed by atoms with Crippen LogP contribution in [0.1, 0.15) is 0 Å². The van der Waals surface area contributed by atoms with E-state index in [-0.39, 0.29) is 27.9 Å². The fourth-order valence-corrected chi connectivity index (χ4v) is 5.87. The summed E-state index contributed by atoms with van der Waals surface area (Å²) in [4.78, 5) is 12.8. The Morgan fingerprint density at radius 3 is 2.34 bits per heavy atom. The van der Waals surface area contributed by atoms with E-state index in [0.29, 0.717) is 16.4 Å². The van der Waals surface area contributed by atoms with Crippen LogP contribution < -0.4 is 19.1 Å². The molecule has 0 aliphatic carbocycles. The summed E-state index contributed by atoms with van der Waals surface area (Å²) in [7, 11) is -7.61. The number of ether oxygens (including phenoxy) is 1. The molecule has 13 heteroatoms. The molecule has 0 saturated carbocycles. The van der Waals surface area contributed by atoms with Gasteiger partial charge in [-0.05, 0) is 54.6 Å². The third-order valence-corrected chi connectivity index (χ3v) is 8.11. The maximum absolute atomic E-state index is 12.8. The van der Waals surface area contributed by atoms with Crippen LogP contribution in [0.4, 0.5) is 17.1 Å². The normalized spacial score (nSPS) is 15.6. The van der Waals surface area contributed by atoms with Gasteiger partial charge in [0.1, 0.15) is 5.75 Å². The Kier molecular flexibility index (Phi) is 6.87. The zero-order valence-electron chi connectivity index (χ0n) is 18.1. The monoisotopic (exact) mass is 555 g/mol. The van der Waals surface area contributed by atoms with E-state index in [9.17, 15) is 21.6 Å². The zero-order chi connectivity index (χ0) is 25.4. The minimum absolute atomic E-state index is 0.0624. The highest BCUT2D eigenvalue weighted by atomic mass is 35.5. The summed E-state index contributed by atoms with van der Waals surface area (Å²) < 4.78 is 59.1. The fraction of sp³-hybridized carbons (Fsp3) is 0.136. The first-order valence-electron chi connectivity index (χ1n) is 10.1. The lowest BCUT2D eigenvalue weighted by Crippen LogP contribution is -2.48. The van der Waals surface area contributed by atoms with Crippen molar-refractivity contribution < 1.29 is 26.4 Å². The van der Waals surface area contributed by atoms with E-state index in [1.54, 1.807) is 24.3 Å². The molecule has 184 valence electrons. The Balaban J connectivity index is 1.48. The molecule has 2 N–H and O–H groups in total. The molecule has 0 radical (unpaired) electrons. The van der Waals surface area contributed by atoms with Crippen LogP contribution in [0, 0.1) is 0 Å². The number of rotatable bonds is 6. The van der Waals surface area contributed by atoms with Gasteiger partial charge in [0.05, 0.1) is 34.1 Å². The second-order valence-corrected chi connectivity index (χ2v) is 12.0. The first-order valence-corrected chi connectivity index (χ1v) is 14.1. The number of carbonyl (C=O) groups excluding carboxylic acids is 1. The predicted octanol–water partition coefficient (Wildman–Crippen LogP) is 3.96. The molecule has 0 aromatic heterocycles. The highest BCUT2D eigenvalue weighted by Crippen LogP contribution is 2.35. The van der Waals surface area contributed by atoms with E-state index in [1.807, 2.05) is 0 Å². The number of fused-ring (bicyclic) bond motifs is 1. The Morgan fingerprint density at radius 2 is 1.69 bits per heavy atom. The molecule has 0 bridgehead atoms. The van der Waals surface area contributed by atoms with Gasteiger partial charge in [0, 0.05) is 10.7 Å². The molecule has 1 aliphatic heterocycles. The quantitative estimate of drug-likeness (QED) is 0.474. The number of sulfonamides is 2. The van der Waals surface area contributed by atoms with Crippen molar-refractivity contribution in [1.29, 1.82) is 0 Å². The van der Waals surface area contributed by atoms with Crippen LogP contribution in [-0.4, -0.2) is 41.6 Å². The van der Waals surface area contributed by atoms with Crippen LogP contribution in [0.25, 0.3) is 0 Å². The number of benzene rings is 3. The summed E-state index contributed by atoms with van der Waals surface area (Å²) >= 11 is 11.9. The average Bonchev–Trinajstić information content (AvgIpc) is 2.80. The number of nitrogens with zero attached hydrogens (tertiary/aromatic N) is 1. The zero-order valence-corrected chi connectivity index (χ0v) is 21.2. The molecule has 3 aromatic carbocycles. The molecular weight excluding hydrogens is 537 g/mol. The smallest absolute Gasteiger partial charge is 0.267 e. The van der Waals surface area contributed by atoms with E-state index < -0.39 is 32.1 Å². The lowest BCUT2D eigenvalue weighted by atomic mass is 10.2. The van der Waals surface area contributed by atoms with Crippen LogP contribution in [-0.2, 0) is 24.8 Å². The molecule has 1 amide bonds. The third kappa shape index (κ3) is 5.64. The largest absolute Gasteiger partial charge is 0.476 e. The van der Waals surface area contributed by atoms with Gasteiger partial charge in [-0.2, -0.15) is 0 Å². The Morgan fingerprint density at radius 1 is 1.00 bits per heavy atom. The van der Waals surface area contributed by atoms with Crippen LogP contribution >= 0.6 is 23.2 Å². The van der Waals surface area contributed by atoms with Crippen LogP contribution in [0.15, 0.2) is 71.6 Å². The van der Waals surface area contributed by atoms with Gasteiger partial charge in [0.2, 0.25) is 10.0 Å². The molecular formula is C22H19Cl2N3O6S2. The van der Waals surface area contributed by atoms with Gasteiger partial charge in [0.15, 0.2) is 6.10 Å². The first kappa shape index (κ1) is 25.1. The Hall–Kier alpha value is -2.99. The van der Waals surface area contributed by atoms with E-state index in [0.717, 1.165) is 10.6 Å². The highest BCUT2D eigenvalue weighted by Gasteiger charge is 2.35. The van der Waals surface area contributed by atoms with Gasteiger partial charge < -0.3 is 10.1 Å². The number of halogens is 2. The van der Waals surface area contributed by atoms with Gasteiger partial charge in [-0.1, -0.05) is 35.3 Å². The molecule has 1 aliphatic rings. The highest BCUT2D eigenvalue weighted by molar-refractivity contribution is 7.92. The molecule has 0 saturated heterocycles. The number of nitrogens with one attached hydrogen (secondary N) is 2. The minimum atomic E-state index is -3.96. The maximum atomic E-state index is 12.8. The second kappa shape index (κ2) is 9.57. The molecule has 3 aromatic rings. The summed E-state index contributed by atoms with van der Waals surface area (Å²) in [6.07, 6.45) is -0.0640. The lowest BCUT2D eigenvalue weighted by molar-refractivity contribution is -0.122. The van der Waals surface area contributed by atoms with Gasteiger partial charge in [-0.3, -0.25) is 13.8 Å². The maximum Gasteiger partial charge on any atom is 0.267 e. The van der Waals surface area contributed by atoms with Crippen molar-refractivity contribution in [3.63, 3.8) is 0 Å². The van der Waals surface area contributed by atoms with Crippen molar-refractivity contribution in [1.82, 2.24) is 0 Å². The Labute approximate surface area is 212 Å². The third-order valence-electron chi connectivity index (χ3n) is 5.04.